The van der Waals surface area contributed by atoms with Crippen LogP contribution in [0.3, 0.4) is 0 Å². The molecule has 4 heteroatoms. The zero-order chi connectivity index (χ0) is 35.3. The van der Waals surface area contributed by atoms with Crippen molar-refractivity contribution in [3.63, 3.8) is 0 Å². The van der Waals surface area contributed by atoms with Crippen molar-refractivity contribution in [2.45, 2.75) is 19.3 Å². The second-order valence-corrected chi connectivity index (χ2v) is 14.6. The molecule has 0 fully saturated rings. The Labute approximate surface area is 307 Å². The van der Waals surface area contributed by atoms with Gasteiger partial charge in [-0.15, -0.1) is 0 Å². The Bertz CT molecular complexity index is 3080. The van der Waals surface area contributed by atoms with Gasteiger partial charge in [0.1, 0.15) is 0 Å². The van der Waals surface area contributed by atoms with Crippen molar-refractivity contribution in [1.29, 1.82) is 0 Å². The molecule has 4 nitrogen and oxygen atoms in total. The molecule has 0 aliphatic heterocycles. The minimum Gasteiger partial charge on any atom is -0.309 e. The predicted octanol–water partition coefficient (Wildman–Crippen LogP) is 12.3. The van der Waals surface area contributed by atoms with Crippen LogP contribution in [0.2, 0.25) is 0 Å². The number of rotatable bonds is 4. The Hall–Kier alpha value is -6.78. The van der Waals surface area contributed by atoms with Gasteiger partial charge in [0.25, 0.3) is 0 Å². The summed E-state index contributed by atoms with van der Waals surface area (Å²) in [4.78, 5) is 10.7. The van der Waals surface area contributed by atoms with Gasteiger partial charge in [-0.25, -0.2) is 9.97 Å². The molecule has 0 atom stereocenters. The Balaban J connectivity index is 1.21. The molecule has 0 saturated carbocycles. The molecule has 3 heterocycles. The molecular formula is C49H34N4. The van der Waals surface area contributed by atoms with Crippen molar-refractivity contribution in [2.24, 2.45) is 0 Å². The third-order valence-electron chi connectivity index (χ3n) is 11.3. The van der Waals surface area contributed by atoms with Crippen molar-refractivity contribution in [3.05, 3.63) is 181 Å². The number of benzene rings is 7. The summed E-state index contributed by atoms with van der Waals surface area (Å²) in [6, 6.07) is 60.9. The summed E-state index contributed by atoms with van der Waals surface area (Å²) in [7, 11) is 0. The van der Waals surface area contributed by atoms with Gasteiger partial charge in [-0.3, -0.25) is 0 Å². The molecule has 0 radical (unpaired) electrons. The first-order valence-electron chi connectivity index (χ1n) is 18.3. The molecule has 0 saturated heterocycles. The van der Waals surface area contributed by atoms with Crippen LogP contribution in [0.25, 0.3) is 88.8 Å². The van der Waals surface area contributed by atoms with E-state index in [2.05, 4.69) is 187 Å². The van der Waals surface area contributed by atoms with E-state index in [9.17, 15) is 0 Å². The molecule has 0 amide bonds. The van der Waals surface area contributed by atoms with Gasteiger partial charge in [0, 0.05) is 55.0 Å². The van der Waals surface area contributed by atoms with E-state index in [1.807, 2.05) is 6.07 Å². The van der Waals surface area contributed by atoms with E-state index < -0.39 is 0 Å². The van der Waals surface area contributed by atoms with E-state index in [4.69, 9.17) is 9.97 Å². The summed E-state index contributed by atoms with van der Waals surface area (Å²) in [5.41, 5.74) is 14.5. The highest BCUT2D eigenvalue weighted by Crippen LogP contribution is 2.51. The molecule has 0 spiro atoms. The number of para-hydroxylation sites is 3. The van der Waals surface area contributed by atoms with Crippen LogP contribution in [-0.4, -0.2) is 19.1 Å². The van der Waals surface area contributed by atoms with Gasteiger partial charge in [-0.1, -0.05) is 141 Å². The van der Waals surface area contributed by atoms with E-state index in [1.165, 1.54) is 54.7 Å². The van der Waals surface area contributed by atoms with Gasteiger partial charge >= 0.3 is 0 Å². The van der Waals surface area contributed by atoms with Gasteiger partial charge in [0.15, 0.2) is 5.82 Å². The lowest BCUT2D eigenvalue weighted by Gasteiger charge is -2.21. The van der Waals surface area contributed by atoms with Crippen molar-refractivity contribution in [3.8, 4) is 45.1 Å². The molecule has 0 N–H and O–H groups in total. The second-order valence-electron chi connectivity index (χ2n) is 14.6. The molecule has 250 valence electrons. The normalized spacial score (nSPS) is 13.2. The van der Waals surface area contributed by atoms with Gasteiger partial charge in [0.05, 0.1) is 33.5 Å². The molecule has 1 aliphatic carbocycles. The predicted molar refractivity (Wildman–Crippen MR) is 219 cm³/mol. The van der Waals surface area contributed by atoms with Gasteiger partial charge in [-0.05, 0) is 53.6 Å². The smallest absolute Gasteiger partial charge is 0.160 e. The van der Waals surface area contributed by atoms with Crippen molar-refractivity contribution < 1.29 is 0 Å². The monoisotopic (exact) mass is 678 g/mol. The highest BCUT2D eigenvalue weighted by Gasteiger charge is 2.39. The van der Waals surface area contributed by atoms with Crippen LogP contribution in [0.15, 0.2) is 170 Å². The summed E-state index contributed by atoms with van der Waals surface area (Å²) >= 11 is 0. The lowest BCUT2D eigenvalue weighted by molar-refractivity contribution is 0.636. The molecular weight excluding hydrogens is 645 g/mol. The molecule has 3 aromatic heterocycles. The fourth-order valence-corrected chi connectivity index (χ4v) is 8.89. The topological polar surface area (TPSA) is 35.6 Å². The fraction of sp³-hybridized carbons (Fsp3) is 0.0612. The highest BCUT2D eigenvalue weighted by molar-refractivity contribution is 6.26. The average molecular weight is 679 g/mol. The Morgan fingerprint density at radius 2 is 1.11 bits per heavy atom. The summed E-state index contributed by atoms with van der Waals surface area (Å²) < 4.78 is 4.87. The van der Waals surface area contributed by atoms with Crippen LogP contribution in [0, 0.1) is 0 Å². The maximum Gasteiger partial charge on any atom is 0.160 e. The standard InChI is InChI=1S/C49H34N4/c1-49(2)39-25-12-9-23-37(39)44-45(50-48(51-47(44)49)31-16-5-3-6-17-31)32-18-15-21-34(30-32)52-41-27-14-11-24-38(41)43-42(52)29-28-36-35-22-10-13-26-40(35)53(46(36)43)33-19-7-4-8-20-33/h3-30H,1-2H3. The van der Waals surface area contributed by atoms with E-state index in [0.29, 0.717) is 0 Å². The van der Waals surface area contributed by atoms with E-state index in [0.717, 1.165) is 45.3 Å². The molecule has 0 bridgehead atoms. The number of nitrogens with zero attached hydrogens (tertiary/aromatic N) is 4. The van der Waals surface area contributed by atoms with Crippen LogP contribution >= 0.6 is 0 Å². The maximum atomic E-state index is 5.38. The first kappa shape index (κ1) is 29.9. The van der Waals surface area contributed by atoms with Crippen LogP contribution in [0.5, 0.6) is 0 Å². The second kappa shape index (κ2) is 11.1. The first-order chi connectivity index (χ1) is 26.1. The molecule has 11 rings (SSSR count). The van der Waals surface area contributed by atoms with Gasteiger partial charge < -0.3 is 9.13 Å². The minimum atomic E-state index is -0.264. The van der Waals surface area contributed by atoms with Crippen LogP contribution in [0.4, 0.5) is 0 Å². The zero-order valence-corrected chi connectivity index (χ0v) is 29.5. The zero-order valence-electron chi connectivity index (χ0n) is 29.5. The Morgan fingerprint density at radius 1 is 0.472 bits per heavy atom. The van der Waals surface area contributed by atoms with E-state index in [-0.39, 0.29) is 5.41 Å². The Kier molecular flexibility index (Phi) is 6.27. The molecule has 53 heavy (non-hydrogen) atoms. The molecule has 10 aromatic rings. The largest absolute Gasteiger partial charge is 0.309 e. The quantitative estimate of drug-likeness (QED) is 0.186. The third-order valence-corrected chi connectivity index (χ3v) is 11.3. The van der Waals surface area contributed by atoms with Crippen LogP contribution < -0.4 is 0 Å². The van der Waals surface area contributed by atoms with Crippen molar-refractivity contribution in [1.82, 2.24) is 19.1 Å². The van der Waals surface area contributed by atoms with Gasteiger partial charge in [0.2, 0.25) is 0 Å². The number of fused-ring (bicyclic) bond motifs is 10. The minimum absolute atomic E-state index is 0.264. The Morgan fingerprint density at radius 3 is 1.92 bits per heavy atom. The fourth-order valence-electron chi connectivity index (χ4n) is 8.89. The SMILES string of the molecule is CC1(C)c2ccccc2-c2c(-c3cccc(-n4c5ccccc5c5c4ccc4c6ccccc6n(-c6ccccc6)c45)c3)nc(-c3ccccc3)nc21. The third kappa shape index (κ3) is 4.24. The van der Waals surface area contributed by atoms with E-state index in [1.54, 1.807) is 0 Å². The average Bonchev–Trinajstić information content (AvgIpc) is 3.81. The van der Waals surface area contributed by atoms with Crippen molar-refractivity contribution in [2.75, 3.05) is 0 Å². The summed E-state index contributed by atoms with van der Waals surface area (Å²) in [5.74, 6) is 0.749. The number of hydrogen-bond donors (Lipinski definition) is 0. The van der Waals surface area contributed by atoms with Crippen LogP contribution in [-0.2, 0) is 5.41 Å². The van der Waals surface area contributed by atoms with E-state index >= 15 is 0 Å². The van der Waals surface area contributed by atoms with Crippen molar-refractivity contribution >= 4 is 43.6 Å². The summed E-state index contributed by atoms with van der Waals surface area (Å²) in [6.07, 6.45) is 0. The molecule has 7 aromatic carbocycles. The summed E-state index contributed by atoms with van der Waals surface area (Å²) in [6.45, 7) is 4.57. The summed E-state index contributed by atoms with van der Waals surface area (Å²) in [5, 5.41) is 4.97. The number of aromatic nitrogens is 4. The maximum absolute atomic E-state index is 5.38. The lowest BCUT2D eigenvalue weighted by Crippen LogP contribution is -2.17. The molecule has 1 aliphatic rings. The highest BCUT2D eigenvalue weighted by atomic mass is 15.0. The first-order valence-corrected chi connectivity index (χ1v) is 18.3. The number of hydrogen-bond acceptors (Lipinski definition) is 2. The van der Waals surface area contributed by atoms with Gasteiger partial charge in [-0.2, -0.15) is 0 Å². The van der Waals surface area contributed by atoms with Crippen LogP contribution in [0.1, 0.15) is 25.1 Å². The molecule has 0 unspecified atom stereocenters. The lowest BCUT2D eigenvalue weighted by atomic mass is 9.85.